The van der Waals surface area contributed by atoms with Crippen LogP contribution in [0.2, 0.25) is 0 Å². The van der Waals surface area contributed by atoms with Crippen molar-refractivity contribution in [1.29, 1.82) is 0 Å². The first-order chi connectivity index (χ1) is 17.0. The third kappa shape index (κ3) is 6.79. The molecule has 0 aliphatic carbocycles. The lowest BCUT2D eigenvalue weighted by Gasteiger charge is -2.49. The van der Waals surface area contributed by atoms with Gasteiger partial charge in [0.2, 0.25) is 5.95 Å². The number of rotatable bonds is 9. The Morgan fingerprint density at radius 1 is 0.703 bits per heavy atom. The molecule has 0 bridgehead atoms. The summed E-state index contributed by atoms with van der Waals surface area (Å²) in [5.74, 6) is 0.211. The minimum absolute atomic E-state index is 0.0524. The molecule has 37 heavy (non-hydrogen) atoms. The smallest absolute Gasteiger partial charge is 0.324 e. The zero-order valence-corrected chi connectivity index (χ0v) is 23.5. The molecule has 0 spiro atoms. The molecule has 2 radical (unpaired) electrons. The summed E-state index contributed by atoms with van der Waals surface area (Å²) in [6.45, 7) is 15.2. The topological polar surface area (TPSA) is 147 Å². The zero-order chi connectivity index (χ0) is 27.8. The number of aromatic nitrogens is 3. The van der Waals surface area contributed by atoms with Gasteiger partial charge in [0, 0.05) is 60.9 Å². The average molecular weight is 525 g/mol. The predicted octanol–water partition coefficient (Wildman–Crippen LogP) is 2.15. The maximum absolute atomic E-state index is 12.8. The molecular weight excluding hydrogens is 480 g/mol. The van der Waals surface area contributed by atoms with Crippen LogP contribution in [-0.2, 0) is 10.4 Å². The fourth-order valence-electron chi connectivity index (χ4n) is 5.94. The lowest BCUT2D eigenvalue weighted by atomic mass is 9.80. The van der Waals surface area contributed by atoms with Crippen molar-refractivity contribution in [2.24, 2.45) is 0 Å². The van der Waals surface area contributed by atoms with Gasteiger partial charge >= 0.3 is 12.0 Å². The van der Waals surface area contributed by atoms with Crippen molar-refractivity contribution >= 4 is 5.95 Å². The molecule has 12 heteroatoms. The van der Waals surface area contributed by atoms with Crippen LogP contribution < -0.4 is 14.4 Å². The number of hydroxylamine groups is 4. The second kappa shape index (κ2) is 10.7. The first-order valence-electron chi connectivity index (χ1n) is 13.0. The highest BCUT2D eigenvalue weighted by Crippen LogP contribution is 2.40. The summed E-state index contributed by atoms with van der Waals surface area (Å²) in [4.78, 5) is 15.0. The van der Waals surface area contributed by atoms with Crippen LogP contribution in [-0.4, -0.2) is 96.0 Å². The molecule has 2 fully saturated rings. The molecule has 0 atom stereocenters. The maximum atomic E-state index is 12.8. The van der Waals surface area contributed by atoms with Crippen molar-refractivity contribution in [1.82, 2.24) is 25.1 Å². The Bertz CT molecular complexity index is 823. The lowest BCUT2D eigenvalue weighted by molar-refractivity contribution is -0.297. The van der Waals surface area contributed by atoms with Gasteiger partial charge < -0.3 is 24.6 Å². The van der Waals surface area contributed by atoms with Gasteiger partial charge in [-0.2, -0.15) is 9.97 Å². The van der Waals surface area contributed by atoms with Gasteiger partial charge in [0.1, 0.15) is 12.2 Å². The Hall–Kier alpha value is -1.83. The highest BCUT2D eigenvalue weighted by molar-refractivity contribution is 5.32. The van der Waals surface area contributed by atoms with E-state index in [0.29, 0.717) is 25.7 Å². The van der Waals surface area contributed by atoms with E-state index in [2.05, 4.69) is 15.0 Å². The van der Waals surface area contributed by atoms with Gasteiger partial charge in [-0.3, -0.25) is 0 Å². The number of piperidine rings is 2. The molecule has 2 N–H and O–H groups in total. The number of nitrogens with zero attached hydrogens (tertiary/aromatic N) is 6. The summed E-state index contributed by atoms with van der Waals surface area (Å²) in [6.07, 6.45) is 1.31. The largest absolute Gasteiger partial charge is 0.460 e. The predicted molar refractivity (Wildman–Crippen MR) is 135 cm³/mol. The Morgan fingerprint density at radius 3 is 1.32 bits per heavy atom. The van der Waals surface area contributed by atoms with Gasteiger partial charge in [0.15, 0.2) is 0 Å². The molecule has 0 amide bonds. The van der Waals surface area contributed by atoms with Crippen molar-refractivity contribution < 1.29 is 30.1 Å². The Balaban J connectivity index is 1.92. The normalized spacial score (nSPS) is 24.1. The molecule has 2 saturated heterocycles. The molecule has 0 aromatic carbocycles. The van der Waals surface area contributed by atoms with Gasteiger partial charge in [0.25, 0.3) is 0 Å². The molecular formula is C25H44N6O6. The first kappa shape index (κ1) is 29.7. The van der Waals surface area contributed by atoms with Crippen LogP contribution in [0, 0.1) is 0 Å². The van der Waals surface area contributed by atoms with E-state index < -0.39 is 22.2 Å². The fraction of sp³-hybridized carbons (Fsp3) is 0.880. The second-order valence-electron chi connectivity index (χ2n) is 12.8. The van der Waals surface area contributed by atoms with Gasteiger partial charge in [-0.15, -0.1) is 25.5 Å². The van der Waals surface area contributed by atoms with E-state index in [4.69, 9.17) is 9.47 Å². The standard InChI is InChI=1S/C25H44N6O6/c1-22(2)13-17(14-23(3,4)30(22)34)36-20-26-19(29(9-11-32)10-12-33)27-21(28-20)37-18-15-24(5,6)31(35)25(7,8)16-18/h17-18,32-33H,9-16H2,1-8H3. The number of anilines is 1. The van der Waals surface area contributed by atoms with E-state index in [1.165, 1.54) is 0 Å². The monoisotopic (exact) mass is 524 g/mol. The zero-order valence-electron chi connectivity index (χ0n) is 23.5. The van der Waals surface area contributed by atoms with Gasteiger partial charge in [-0.1, -0.05) is 0 Å². The molecule has 210 valence electrons. The van der Waals surface area contributed by atoms with Crippen LogP contribution in [0.5, 0.6) is 12.0 Å². The fourth-order valence-corrected chi connectivity index (χ4v) is 5.94. The SMILES string of the molecule is CC1(C)CC(Oc2nc(OC3CC(C)(C)N([O])C(C)(C)C3)nc(N(CCO)CCO)n2)CC(C)(C)N1[O]. The first-order valence-corrected chi connectivity index (χ1v) is 13.0. The third-order valence-electron chi connectivity index (χ3n) is 7.26. The summed E-state index contributed by atoms with van der Waals surface area (Å²) in [5.41, 5.74) is -2.54. The molecule has 1 aromatic rings. The van der Waals surface area contributed by atoms with Crippen LogP contribution in [0.15, 0.2) is 0 Å². The van der Waals surface area contributed by atoms with Crippen molar-refractivity contribution in [3.05, 3.63) is 0 Å². The Labute approximate surface area is 220 Å². The maximum Gasteiger partial charge on any atom is 0.324 e. The van der Waals surface area contributed by atoms with Crippen molar-refractivity contribution in [2.75, 3.05) is 31.2 Å². The molecule has 0 unspecified atom stereocenters. The van der Waals surface area contributed by atoms with Crippen LogP contribution in [0.25, 0.3) is 0 Å². The third-order valence-corrected chi connectivity index (χ3v) is 7.26. The quantitative estimate of drug-likeness (QED) is 0.492. The molecule has 2 aliphatic heterocycles. The highest BCUT2D eigenvalue weighted by atomic mass is 16.5. The number of aliphatic hydroxyl groups excluding tert-OH is 2. The van der Waals surface area contributed by atoms with Crippen molar-refractivity contribution in [3.8, 4) is 12.0 Å². The van der Waals surface area contributed by atoms with Crippen molar-refractivity contribution in [2.45, 2.75) is 115 Å². The summed E-state index contributed by atoms with van der Waals surface area (Å²) in [7, 11) is 0. The van der Waals surface area contributed by atoms with E-state index in [1.807, 2.05) is 55.4 Å². The molecule has 0 saturated carbocycles. The van der Waals surface area contributed by atoms with Crippen LogP contribution in [0.4, 0.5) is 5.95 Å². The minimum atomic E-state index is -0.634. The van der Waals surface area contributed by atoms with E-state index in [1.54, 1.807) is 4.90 Å². The number of ether oxygens (including phenoxy) is 2. The summed E-state index contributed by atoms with van der Waals surface area (Å²) >= 11 is 0. The van der Waals surface area contributed by atoms with Gasteiger partial charge in [-0.25, -0.2) is 0 Å². The van der Waals surface area contributed by atoms with Crippen LogP contribution >= 0.6 is 0 Å². The number of hydrogen-bond donors (Lipinski definition) is 2. The van der Waals surface area contributed by atoms with E-state index in [0.717, 1.165) is 10.1 Å². The van der Waals surface area contributed by atoms with Gasteiger partial charge in [-0.05, 0) is 55.4 Å². The van der Waals surface area contributed by atoms with Crippen LogP contribution in [0.1, 0.15) is 81.1 Å². The van der Waals surface area contributed by atoms with E-state index in [-0.39, 0.29) is 56.5 Å². The van der Waals surface area contributed by atoms with Crippen molar-refractivity contribution in [3.63, 3.8) is 0 Å². The summed E-state index contributed by atoms with van der Waals surface area (Å²) < 4.78 is 12.5. The lowest BCUT2D eigenvalue weighted by Crippen LogP contribution is -2.60. The average Bonchev–Trinajstić information content (AvgIpc) is 2.74. The molecule has 2 aliphatic rings. The minimum Gasteiger partial charge on any atom is -0.460 e. The Kier molecular flexibility index (Phi) is 8.63. The molecule has 3 rings (SSSR count). The van der Waals surface area contributed by atoms with E-state index in [9.17, 15) is 20.6 Å². The Morgan fingerprint density at radius 2 is 1.03 bits per heavy atom. The number of hydrogen-bond acceptors (Lipinski definition) is 10. The van der Waals surface area contributed by atoms with E-state index >= 15 is 0 Å². The second-order valence-corrected chi connectivity index (χ2v) is 12.8. The molecule has 3 heterocycles. The molecule has 12 nitrogen and oxygen atoms in total. The summed E-state index contributed by atoms with van der Waals surface area (Å²) in [6, 6.07) is 0.105. The molecule has 1 aromatic heterocycles. The highest BCUT2D eigenvalue weighted by Gasteiger charge is 2.48. The number of aliphatic hydroxyl groups is 2. The van der Waals surface area contributed by atoms with Crippen LogP contribution in [0.3, 0.4) is 0 Å². The summed E-state index contributed by atoms with van der Waals surface area (Å²) in [5, 5.41) is 46.9. The van der Waals surface area contributed by atoms with Gasteiger partial charge in [0.05, 0.1) is 13.2 Å².